The van der Waals surface area contributed by atoms with Gasteiger partial charge in [0.1, 0.15) is 12.3 Å². The van der Waals surface area contributed by atoms with Crippen LogP contribution in [-0.4, -0.2) is 46.7 Å². The van der Waals surface area contributed by atoms with Gasteiger partial charge in [-0.1, -0.05) is 82.9 Å². The summed E-state index contributed by atoms with van der Waals surface area (Å²) >= 11 is 6.43. The molecule has 1 aromatic carbocycles. The highest BCUT2D eigenvalue weighted by molar-refractivity contribution is 7.99. The van der Waals surface area contributed by atoms with Crippen LogP contribution in [0.25, 0.3) is 0 Å². The maximum absolute atomic E-state index is 12.1. The Kier molecular flexibility index (Phi) is 20.6. The number of nitrogens with one attached hydrogen (secondary N) is 1. The van der Waals surface area contributed by atoms with Gasteiger partial charge in [0.2, 0.25) is 0 Å². The van der Waals surface area contributed by atoms with Gasteiger partial charge in [-0.3, -0.25) is 4.79 Å². The van der Waals surface area contributed by atoms with Gasteiger partial charge in [0, 0.05) is 11.3 Å². The molecule has 2 N–H and O–H groups in total. The summed E-state index contributed by atoms with van der Waals surface area (Å²) in [5.41, 5.74) is 0.489. The number of carbonyl (C=O) groups is 3. The van der Waals surface area contributed by atoms with Crippen molar-refractivity contribution in [3.8, 4) is 0 Å². The molecule has 176 valence electrons. The highest BCUT2D eigenvalue weighted by Gasteiger charge is 2.20. The van der Waals surface area contributed by atoms with Crippen molar-refractivity contribution in [1.82, 2.24) is 5.32 Å². The Labute approximate surface area is 196 Å². The average Bonchev–Trinajstić information content (AvgIpc) is 2.79. The fraction of sp³-hybridized carbons (Fsp3) is 0.625. The molecule has 0 radical (unpaired) electrons. The molecule has 0 aliphatic heterocycles. The lowest BCUT2D eigenvalue weighted by molar-refractivity contribution is -0.138. The molecule has 31 heavy (non-hydrogen) atoms. The van der Waals surface area contributed by atoms with Crippen molar-refractivity contribution in [3.05, 3.63) is 35.9 Å². The largest absolute Gasteiger partial charge is 0.480 e. The van der Waals surface area contributed by atoms with E-state index in [1.165, 1.54) is 57.8 Å². The van der Waals surface area contributed by atoms with Crippen LogP contribution in [0.3, 0.4) is 0 Å². The van der Waals surface area contributed by atoms with Crippen molar-refractivity contribution in [2.75, 3.05) is 17.4 Å². The highest BCUT2D eigenvalue weighted by Crippen LogP contribution is 2.13. The molecule has 0 aromatic heterocycles. The number of amides is 1. The Morgan fingerprint density at radius 1 is 1.00 bits per heavy atom. The summed E-state index contributed by atoms with van der Waals surface area (Å²) in [6, 6.07) is 7.89. The molecule has 0 bridgehead atoms. The van der Waals surface area contributed by atoms with Gasteiger partial charge in [-0.15, -0.1) is 11.6 Å². The summed E-state index contributed by atoms with van der Waals surface area (Å²) in [5.74, 6) is 0.157. The molecule has 1 rings (SSSR count). The molecule has 0 aliphatic rings. The number of benzene rings is 1. The third kappa shape index (κ3) is 17.8. The predicted octanol–water partition coefficient (Wildman–Crippen LogP) is 5.95. The molecule has 5 nitrogen and oxygen atoms in total. The molecular formula is C24H38ClNO4S. The molecule has 0 fully saturated rings. The first-order chi connectivity index (χ1) is 15.1. The number of aliphatic carboxylic acids is 1. The molecule has 0 saturated carbocycles. The van der Waals surface area contributed by atoms with E-state index in [2.05, 4.69) is 12.2 Å². The van der Waals surface area contributed by atoms with E-state index in [4.69, 9.17) is 16.4 Å². The van der Waals surface area contributed by atoms with E-state index >= 15 is 0 Å². The standard InChI is InChI=1S/C22H35NO3S.C2H3ClO/c1-2-3-4-5-6-7-8-9-10-14-17-27-18-20(22(25)26)23-21(24)19-15-12-11-13-16-19;3-1-2-4/h11-13,15-16,20H,2-10,14,17-18H2,1H3,(H,23,24)(H,25,26);2H,1H2. The van der Waals surface area contributed by atoms with E-state index in [-0.39, 0.29) is 11.8 Å². The fourth-order valence-corrected chi connectivity index (χ4v) is 3.94. The molecule has 1 unspecified atom stereocenters. The second kappa shape index (κ2) is 21.7. The minimum atomic E-state index is -0.977. The summed E-state index contributed by atoms with van der Waals surface area (Å²) in [6.07, 6.45) is 13.6. The quantitative estimate of drug-likeness (QED) is 0.167. The van der Waals surface area contributed by atoms with Crippen LogP contribution in [0.1, 0.15) is 81.5 Å². The van der Waals surface area contributed by atoms with Crippen molar-refractivity contribution in [3.63, 3.8) is 0 Å². The van der Waals surface area contributed by atoms with Gasteiger partial charge >= 0.3 is 5.97 Å². The van der Waals surface area contributed by atoms with Crippen molar-refractivity contribution in [2.45, 2.75) is 77.2 Å². The van der Waals surface area contributed by atoms with E-state index in [0.29, 0.717) is 17.6 Å². The minimum absolute atomic E-state index is 0.111. The Morgan fingerprint density at radius 3 is 2.00 bits per heavy atom. The number of aldehydes is 1. The zero-order valence-corrected chi connectivity index (χ0v) is 20.3. The van der Waals surface area contributed by atoms with Gasteiger partial charge < -0.3 is 15.2 Å². The number of alkyl halides is 1. The lowest BCUT2D eigenvalue weighted by atomic mass is 10.1. The molecule has 0 spiro atoms. The lowest BCUT2D eigenvalue weighted by Gasteiger charge is -2.14. The molecule has 0 heterocycles. The summed E-state index contributed by atoms with van der Waals surface area (Å²) in [6.45, 7) is 2.24. The monoisotopic (exact) mass is 471 g/mol. The number of carbonyl (C=O) groups excluding carboxylic acids is 2. The van der Waals surface area contributed by atoms with Crippen LogP contribution >= 0.6 is 23.4 Å². The van der Waals surface area contributed by atoms with Gasteiger partial charge in [-0.05, 0) is 24.3 Å². The van der Waals surface area contributed by atoms with Crippen molar-refractivity contribution in [1.29, 1.82) is 0 Å². The number of carboxylic acids is 1. The second-order valence-corrected chi connectivity index (χ2v) is 8.77. The minimum Gasteiger partial charge on any atom is -0.480 e. The SMILES string of the molecule is CCCCCCCCCCCCSCC(NC(=O)c1ccccc1)C(=O)O.O=CCCl. The Balaban J connectivity index is 0.00000206. The van der Waals surface area contributed by atoms with Crippen LogP contribution in [0.4, 0.5) is 0 Å². The van der Waals surface area contributed by atoms with Crippen LogP contribution in [0.2, 0.25) is 0 Å². The topological polar surface area (TPSA) is 83.5 Å². The van der Waals surface area contributed by atoms with Crippen LogP contribution in [0, 0.1) is 0 Å². The van der Waals surface area contributed by atoms with Crippen LogP contribution in [0.15, 0.2) is 30.3 Å². The normalized spacial score (nSPS) is 11.2. The number of carboxylic acid groups (broad SMARTS) is 1. The second-order valence-electron chi connectivity index (χ2n) is 7.31. The molecule has 1 aromatic rings. The number of hydrogen-bond donors (Lipinski definition) is 2. The number of rotatable bonds is 17. The zero-order valence-electron chi connectivity index (χ0n) is 18.7. The maximum atomic E-state index is 12.1. The number of hydrogen-bond acceptors (Lipinski definition) is 4. The Morgan fingerprint density at radius 2 is 1.52 bits per heavy atom. The van der Waals surface area contributed by atoms with E-state index in [0.717, 1.165) is 12.2 Å². The Bertz CT molecular complexity index is 586. The summed E-state index contributed by atoms with van der Waals surface area (Å²) in [7, 11) is 0. The molecular weight excluding hydrogens is 434 g/mol. The van der Waals surface area contributed by atoms with Crippen LogP contribution in [-0.2, 0) is 9.59 Å². The predicted molar refractivity (Wildman–Crippen MR) is 131 cm³/mol. The first-order valence-corrected chi connectivity index (χ1v) is 12.9. The molecule has 1 atom stereocenters. The number of thioether (sulfide) groups is 1. The van der Waals surface area contributed by atoms with Gasteiger partial charge in [0.15, 0.2) is 0 Å². The van der Waals surface area contributed by atoms with Gasteiger partial charge in [-0.25, -0.2) is 4.79 Å². The van der Waals surface area contributed by atoms with Gasteiger partial charge in [0.25, 0.3) is 5.91 Å². The van der Waals surface area contributed by atoms with Crippen LogP contribution in [0.5, 0.6) is 0 Å². The van der Waals surface area contributed by atoms with E-state index < -0.39 is 12.0 Å². The number of halogens is 1. The average molecular weight is 472 g/mol. The summed E-state index contributed by atoms with van der Waals surface area (Å²) in [5, 5.41) is 11.9. The number of unbranched alkanes of at least 4 members (excludes halogenated alkanes) is 9. The molecule has 0 saturated heterocycles. The molecule has 7 heteroatoms. The third-order valence-electron chi connectivity index (χ3n) is 4.63. The molecule has 0 aliphatic carbocycles. The third-order valence-corrected chi connectivity index (χ3v) is 5.90. The Hall–Kier alpha value is -1.53. The van der Waals surface area contributed by atoms with Crippen molar-refractivity contribution >= 4 is 41.5 Å². The van der Waals surface area contributed by atoms with E-state index in [1.54, 1.807) is 36.0 Å². The van der Waals surface area contributed by atoms with E-state index in [1.807, 2.05) is 6.07 Å². The first-order valence-electron chi connectivity index (χ1n) is 11.2. The van der Waals surface area contributed by atoms with Crippen LogP contribution < -0.4 is 5.32 Å². The van der Waals surface area contributed by atoms with Crippen molar-refractivity contribution < 1.29 is 19.5 Å². The molecule has 1 amide bonds. The summed E-state index contributed by atoms with van der Waals surface area (Å²) in [4.78, 5) is 32.5. The lowest BCUT2D eigenvalue weighted by Crippen LogP contribution is -2.42. The summed E-state index contributed by atoms with van der Waals surface area (Å²) < 4.78 is 0. The van der Waals surface area contributed by atoms with Crippen molar-refractivity contribution in [2.24, 2.45) is 0 Å². The highest BCUT2D eigenvalue weighted by atomic mass is 35.5. The first kappa shape index (κ1) is 29.5. The zero-order chi connectivity index (χ0) is 23.2. The fourth-order valence-electron chi connectivity index (χ4n) is 2.90. The van der Waals surface area contributed by atoms with E-state index in [9.17, 15) is 14.7 Å². The van der Waals surface area contributed by atoms with Gasteiger partial charge in [0.05, 0.1) is 5.88 Å². The smallest absolute Gasteiger partial charge is 0.327 e. The maximum Gasteiger partial charge on any atom is 0.327 e. The van der Waals surface area contributed by atoms with Gasteiger partial charge in [-0.2, -0.15) is 11.8 Å².